The zero-order chi connectivity index (χ0) is 13.8. The summed E-state index contributed by atoms with van der Waals surface area (Å²) in [6.45, 7) is 0. The molecule has 2 aromatic rings. The van der Waals surface area contributed by atoms with Crippen molar-refractivity contribution in [1.29, 1.82) is 0 Å². The first-order valence-electron chi connectivity index (χ1n) is 6.67. The molecule has 6 heteroatoms. The van der Waals surface area contributed by atoms with Crippen molar-refractivity contribution < 1.29 is 4.18 Å². The van der Waals surface area contributed by atoms with Gasteiger partial charge in [0.1, 0.15) is 5.75 Å². The molecule has 0 radical (unpaired) electrons. The molecular weight excluding hydrogens is 290 g/mol. The van der Waals surface area contributed by atoms with Crippen molar-refractivity contribution >= 4 is 28.7 Å². The maximum Gasteiger partial charge on any atom is 0.198 e. The van der Waals surface area contributed by atoms with Crippen molar-refractivity contribution in [1.82, 2.24) is 9.40 Å². The number of rotatable bonds is 5. The SMILES string of the molecule is CN(Nc1nccs1)SOc1ccc2c(c1)CCCC2. The topological polar surface area (TPSA) is 37.4 Å². The van der Waals surface area contributed by atoms with Gasteiger partial charge in [0.2, 0.25) is 0 Å². The van der Waals surface area contributed by atoms with Gasteiger partial charge in [-0.2, -0.15) is 0 Å². The van der Waals surface area contributed by atoms with Crippen LogP contribution in [0.2, 0.25) is 0 Å². The largest absolute Gasteiger partial charge is 0.408 e. The number of anilines is 1. The van der Waals surface area contributed by atoms with Crippen molar-refractivity contribution in [2.45, 2.75) is 25.7 Å². The van der Waals surface area contributed by atoms with Gasteiger partial charge in [-0.15, -0.1) is 15.8 Å². The van der Waals surface area contributed by atoms with E-state index in [1.165, 1.54) is 49.0 Å². The minimum Gasteiger partial charge on any atom is -0.408 e. The Labute approximate surface area is 127 Å². The Balaban J connectivity index is 1.55. The lowest BCUT2D eigenvalue weighted by Crippen LogP contribution is -2.18. The number of fused-ring (bicyclic) bond motifs is 1. The number of hydrogen-bond donors (Lipinski definition) is 1. The molecule has 0 saturated carbocycles. The van der Waals surface area contributed by atoms with Crippen LogP contribution in [-0.2, 0) is 12.8 Å². The van der Waals surface area contributed by atoms with E-state index in [4.69, 9.17) is 4.18 Å². The van der Waals surface area contributed by atoms with Crippen LogP contribution in [-0.4, -0.2) is 16.4 Å². The van der Waals surface area contributed by atoms with E-state index in [-0.39, 0.29) is 0 Å². The quantitative estimate of drug-likeness (QED) is 0.515. The molecule has 0 bridgehead atoms. The molecule has 0 amide bonds. The third-order valence-electron chi connectivity index (χ3n) is 3.25. The van der Waals surface area contributed by atoms with Crippen LogP contribution in [0.25, 0.3) is 0 Å². The highest BCUT2D eigenvalue weighted by Crippen LogP contribution is 2.27. The van der Waals surface area contributed by atoms with Crippen LogP contribution < -0.4 is 9.61 Å². The predicted molar refractivity (Wildman–Crippen MR) is 84.8 cm³/mol. The first-order chi connectivity index (χ1) is 9.81. The summed E-state index contributed by atoms with van der Waals surface area (Å²) in [5, 5.41) is 2.79. The number of benzene rings is 1. The van der Waals surface area contributed by atoms with Gasteiger partial charge in [-0.1, -0.05) is 6.07 Å². The lowest BCUT2D eigenvalue weighted by molar-refractivity contribution is 0.567. The van der Waals surface area contributed by atoms with Crippen molar-refractivity contribution in [3.8, 4) is 5.75 Å². The average molecular weight is 307 g/mol. The maximum atomic E-state index is 5.74. The number of hydrogen-bond acceptors (Lipinski definition) is 6. The summed E-state index contributed by atoms with van der Waals surface area (Å²) in [4.78, 5) is 4.17. The van der Waals surface area contributed by atoms with E-state index in [2.05, 4.69) is 22.5 Å². The summed E-state index contributed by atoms with van der Waals surface area (Å²) in [7, 11) is 1.91. The van der Waals surface area contributed by atoms with E-state index in [0.29, 0.717) is 0 Å². The summed E-state index contributed by atoms with van der Waals surface area (Å²) >= 11 is 2.83. The number of aryl methyl sites for hydroxylation is 2. The highest BCUT2D eigenvalue weighted by Gasteiger charge is 2.11. The highest BCUT2D eigenvalue weighted by molar-refractivity contribution is 7.92. The van der Waals surface area contributed by atoms with Gasteiger partial charge in [-0.05, 0) is 48.9 Å². The molecule has 1 aliphatic carbocycles. The van der Waals surface area contributed by atoms with E-state index < -0.39 is 0 Å². The summed E-state index contributed by atoms with van der Waals surface area (Å²) in [5.74, 6) is 0.906. The fraction of sp³-hybridized carbons (Fsp3) is 0.357. The Kier molecular flexibility index (Phi) is 4.44. The van der Waals surface area contributed by atoms with Crippen molar-refractivity contribution in [2.75, 3.05) is 12.5 Å². The van der Waals surface area contributed by atoms with Gasteiger partial charge in [-0.25, -0.2) is 4.98 Å². The molecule has 0 saturated heterocycles. The fourth-order valence-corrected chi connectivity index (χ4v) is 3.34. The summed E-state index contributed by atoms with van der Waals surface area (Å²) in [6, 6.07) is 6.41. The number of nitrogens with one attached hydrogen (secondary N) is 1. The monoisotopic (exact) mass is 307 g/mol. The Morgan fingerprint density at radius 2 is 2.15 bits per heavy atom. The van der Waals surface area contributed by atoms with E-state index in [1.54, 1.807) is 21.9 Å². The molecule has 0 fully saturated rings. The second-order valence-electron chi connectivity index (χ2n) is 4.74. The lowest BCUT2D eigenvalue weighted by Gasteiger charge is -2.18. The van der Waals surface area contributed by atoms with Crippen LogP contribution in [0.5, 0.6) is 5.75 Å². The zero-order valence-corrected chi connectivity index (χ0v) is 13.0. The van der Waals surface area contributed by atoms with Crippen LogP contribution in [0.4, 0.5) is 5.13 Å². The first kappa shape index (κ1) is 13.7. The van der Waals surface area contributed by atoms with E-state index in [1.807, 2.05) is 18.5 Å². The molecule has 3 rings (SSSR count). The third kappa shape index (κ3) is 3.45. The number of aromatic nitrogens is 1. The molecule has 4 nitrogen and oxygen atoms in total. The molecule has 0 unspecified atom stereocenters. The Bertz CT molecular complexity index is 560. The molecule has 1 aliphatic rings. The Hall–Kier alpha value is -1.24. The van der Waals surface area contributed by atoms with Gasteiger partial charge in [0.25, 0.3) is 0 Å². The van der Waals surface area contributed by atoms with Gasteiger partial charge in [0.05, 0.1) is 0 Å². The van der Waals surface area contributed by atoms with Crippen LogP contribution in [0.15, 0.2) is 29.8 Å². The van der Waals surface area contributed by atoms with Crippen LogP contribution in [0.1, 0.15) is 24.0 Å². The standard InChI is InChI=1S/C14H17N3OS2/c1-17(16-14-15-8-9-19-14)20-18-13-7-6-11-4-2-3-5-12(11)10-13/h6-10H,2-5H2,1H3,(H,15,16). The minimum absolute atomic E-state index is 0.856. The summed E-state index contributed by atoms with van der Waals surface area (Å²) < 4.78 is 7.54. The van der Waals surface area contributed by atoms with Gasteiger partial charge >= 0.3 is 0 Å². The smallest absolute Gasteiger partial charge is 0.198 e. The van der Waals surface area contributed by atoms with Crippen molar-refractivity contribution in [2.24, 2.45) is 0 Å². The summed E-state index contributed by atoms with van der Waals surface area (Å²) in [6.07, 6.45) is 6.74. The molecular formula is C14H17N3OS2. The Morgan fingerprint density at radius 3 is 2.95 bits per heavy atom. The van der Waals surface area contributed by atoms with Crippen molar-refractivity contribution in [3.05, 3.63) is 40.9 Å². The fourth-order valence-electron chi connectivity index (χ4n) is 2.29. The van der Waals surface area contributed by atoms with E-state index in [9.17, 15) is 0 Å². The van der Waals surface area contributed by atoms with E-state index in [0.717, 1.165) is 10.9 Å². The average Bonchev–Trinajstić information content (AvgIpc) is 2.98. The third-order valence-corrected chi connectivity index (χ3v) is 4.51. The zero-order valence-electron chi connectivity index (χ0n) is 11.3. The summed E-state index contributed by atoms with van der Waals surface area (Å²) in [5.41, 5.74) is 6.04. The molecule has 0 spiro atoms. The first-order valence-corrected chi connectivity index (χ1v) is 8.25. The highest BCUT2D eigenvalue weighted by atomic mass is 32.2. The predicted octanol–water partition coefficient (Wildman–Crippen LogP) is 3.92. The lowest BCUT2D eigenvalue weighted by atomic mass is 9.92. The van der Waals surface area contributed by atoms with Crippen LogP contribution in [0.3, 0.4) is 0 Å². The molecule has 20 heavy (non-hydrogen) atoms. The number of thiazole rings is 1. The van der Waals surface area contributed by atoms with E-state index >= 15 is 0 Å². The molecule has 0 aliphatic heterocycles. The minimum atomic E-state index is 0.856. The maximum absolute atomic E-state index is 5.74. The van der Waals surface area contributed by atoms with Gasteiger partial charge in [-0.3, -0.25) is 5.43 Å². The number of nitrogens with zero attached hydrogens (tertiary/aromatic N) is 2. The van der Waals surface area contributed by atoms with Crippen molar-refractivity contribution in [3.63, 3.8) is 0 Å². The normalized spacial score (nSPS) is 14.1. The molecule has 0 atom stereocenters. The molecule has 1 heterocycles. The molecule has 1 aromatic carbocycles. The second-order valence-corrected chi connectivity index (χ2v) is 6.50. The Morgan fingerprint density at radius 1 is 1.30 bits per heavy atom. The van der Waals surface area contributed by atoms with Crippen LogP contribution in [0, 0.1) is 0 Å². The molecule has 106 valence electrons. The van der Waals surface area contributed by atoms with Gasteiger partial charge in [0, 0.05) is 18.6 Å². The van der Waals surface area contributed by atoms with Gasteiger partial charge in [0.15, 0.2) is 17.4 Å². The molecule has 1 N–H and O–H groups in total. The van der Waals surface area contributed by atoms with Gasteiger partial charge < -0.3 is 4.18 Å². The second kappa shape index (κ2) is 6.47. The molecule has 1 aromatic heterocycles. The number of hydrazine groups is 1. The van der Waals surface area contributed by atoms with Crippen LogP contribution >= 0.6 is 23.6 Å².